The molecular weight excluding hydrogens is 174 g/mol. The van der Waals surface area contributed by atoms with Gasteiger partial charge in [-0.05, 0) is 36.4 Å². The Morgan fingerprint density at radius 1 is 1.21 bits per heavy atom. The zero-order valence-electron chi connectivity index (χ0n) is 8.37. The summed E-state index contributed by atoms with van der Waals surface area (Å²) in [5, 5.41) is 11.9. The average Bonchev–Trinajstić information content (AvgIpc) is 2.60. The van der Waals surface area contributed by atoms with Gasteiger partial charge in [0.1, 0.15) is 0 Å². The van der Waals surface area contributed by atoms with E-state index >= 15 is 0 Å². The molecular formula is C12H17NO. The zero-order valence-corrected chi connectivity index (χ0v) is 8.37. The molecule has 0 spiro atoms. The fraction of sp³-hybridized carbons (Fsp3) is 0.500. The van der Waals surface area contributed by atoms with E-state index in [1.54, 1.807) is 0 Å². The zero-order chi connectivity index (χ0) is 9.80. The molecule has 2 heteroatoms. The molecule has 2 nitrogen and oxygen atoms in total. The van der Waals surface area contributed by atoms with Crippen LogP contribution in [-0.2, 0) is 12.8 Å². The van der Waals surface area contributed by atoms with Crippen LogP contribution in [-0.4, -0.2) is 24.8 Å². The van der Waals surface area contributed by atoms with Crippen molar-refractivity contribution in [2.45, 2.75) is 12.8 Å². The van der Waals surface area contributed by atoms with Gasteiger partial charge in [0.2, 0.25) is 0 Å². The largest absolute Gasteiger partial charge is 0.395 e. The topological polar surface area (TPSA) is 32.3 Å². The fourth-order valence-electron chi connectivity index (χ4n) is 2.18. The predicted octanol–water partition coefficient (Wildman–Crippen LogP) is 0.983. The van der Waals surface area contributed by atoms with Gasteiger partial charge in [0.05, 0.1) is 6.61 Å². The number of aliphatic hydroxyl groups excluding tert-OH is 1. The van der Waals surface area contributed by atoms with Gasteiger partial charge in [-0.25, -0.2) is 0 Å². The molecule has 0 atom stereocenters. The van der Waals surface area contributed by atoms with E-state index in [2.05, 4.69) is 29.6 Å². The van der Waals surface area contributed by atoms with Gasteiger partial charge in [0.15, 0.2) is 0 Å². The SMILES string of the molecule is OCCNCC1Cc2ccccc2C1. The molecule has 1 aromatic carbocycles. The third kappa shape index (κ3) is 2.14. The second-order valence-electron chi connectivity index (χ2n) is 3.97. The number of rotatable bonds is 4. The van der Waals surface area contributed by atoms with Crippen LogP contribution in [0.15, 0.2) is 24.3 Å². The lowest BCUT2D eigenvalue weighted by Gasteiger charge is -2.08. The van der Waals surface area contributed by atoms with Crippen LogP contribution >= 0.6 is 0 Å². The van der Waals surface area contributed by atoms with E-state index in [1.165, 1.54) is 24.0 Å². The van der Waals surface area contributed by atoms with E-state index in [1.807, 2.05) is 0 Å². The third-order valence-corrected chi connectivity index (χ3v) is 2.86. The smallest absolute Gasteiger partial charge is 0.0555 e. The van der Waals surface area contributed by atoms with E-state index in [0.717, 1.165) is 12.5 Å². The van der Waals surface area contributed by atoms with Crippen molar-refractivity contribution in [3.63, 3.8) is 0 Å². The summed E-state index contributed by atoms with van der Waals surface area (Å²) in [6, 6.07) is 8.67. The summed E-state index contributed by atoms with van der Waals surface area (Å²) in [7, 11) is 0. The monoisotopic (exact) mass is 191 g/mol. The summed E-state index contributed by atoms with van der Waals surface area (Å²) in [4.78, 5) is 0. The van der Waals surface area contributed by atoms with E-state index < -0.39 is 0 Å². The van der Waals surface area contributed by atoms with Crippen LogP contribution in [0, 0.1) is 5.92 Å². The Morgan fingerprint density at radius 3 is 2.43 bits per heavy atom. The van der Waals surface area contributed by atoms with Crippen LogP contribution in [0.2, 0.25) is 0 Å². The first-order chi connectivity index (χ1) is 6.90. The second kappa shape index (κ2) is 4.58. The van der Waals surface area contributed by atoms with Gasteiger partial charge in [0.25, 0.3) is 0 Å². The van der Waals surface area contributed by atoms with Crippen molar-refractivity contribution in [3.05, 3.63) is 35.4 Å². The number of benzene rings is 1. The molecule has 0 radical (unpaired) electrons. The summed E-state index contributed by atoms with van der Waals surface area (Å²) < 4.78 is 0. The molecule has 2 N–H and O–H groups in total. The van der Waals surface area contributed by atoms with Crippen LogP contribution < -0.4 is 5.32 Å². The Labute approximate surface area is 85.0 Å². The molecule has 0 aliphatic heterocycles. The highest BCUT2D eigenvalue weighted by Gasteiger charge is 2.19. The molecule has 76 valence electrons. The van der Waals surface area contributed by atoms with E-state index in [-0.39, 0.29) is 6.61 Å². The molecule has 0 bridgehead atoms. The van der Waals surface area contributed by atoms with Gasteiger partial charge in [-0.1, -0.05) is 24.3 Å². The second-order valence-corrected chi connectivity index (χ2v) is 3.97. The first-order valence-corrected chi connectivity index (χ1v) is 5.28. The van der Waals surface area contributed by atoms with Gasteiger partial charge < -0.3 is 10.4 Å². The minimum Gasteiger partial charge on any atom is -0.395 e. The van der Waals surface area contributed by atoms with Crippen molar-refractivity contribution >= 4 is 0 Å². The van der Waals surface area contributed by atoms with Gasteiger partial charge in [0, 0.05) is 6.54 Å². The predicted molar refractivity (Wildman–Crippen MR) is 57.3 cm³/mol. The highest BCUT2D eigenvalue weighted by atomic mass is 16.3. The lowest BCUT2D eigenvalue weighted by molar-refractivity contribution is 0.288. The number of fused-ring (bicyclic) bond motifs is 1. The molecule has 0 saturated heterocycles. The summed E-state index contributed by atoms with van der Waals surface area (Å²) in [6.45, 7) is 1.97. The van der Waals surface area contributed by atoms with Crippen molar-refractivity contribution in [1.82, 2.24) is 5.32 Å². The molecule has 1 aliphatic carbocycles. The first-order valence-electron chi connectivity index (χ1n) is 5.28. The van der Waals surface area contributed by atoms with Crippen molar-refractivity contribution in [2.75, 3.05) is 19.7 Å². The number of aliphatic hydroxyl groups is 1. The molecule has 0 fully saturated rings. The van der Waals surface area contributed by atoms with E-state index in [0.29, 0.717) is 6.54 Å². The maximum Gasteiger partial charge on any atom is 0.0555 e. The van der Waals surface area contributed by atoms with E-state index in [9.17, 15) is 0 Å². The highest BCUT2D eigenvalue weighted by molar-refractivity contribution is 5.32. The van der Waals surface area contributed by atoms with Crippen LogP contribution in [0.4, 0.5) is 0 Å². The third-order valence-electron chi connectivity index (χ3n) is 2.86. The van der Waals surface area contributed by atoms with Crippen molar-refractivity contribution < 1.29 is 5.11 Å². The van der Waals surface area contributed by atoms with Crippen LogP contribution in [0.3, 0.4) is 0 Å². The molecule has 14 heavy (non-hydrogen) atoms. The van der Waals surface area contributed by atoms with Crippen molar-refractivity contribution in [1.29, 1.82) is 0 Å². The molecule has 0 unspecified atom stereocenters. The molecule has 1 aliphatic rings. The maximum atomic E-state index is 8.65. The Morgan fingerprint density at radius 2 is 1.86 bits per heavy atom. The van der Waals surface area contributed by atoms with Gasteiger partial charge in [-0.3, -0.25) is 0 Å². The Hall–Kier alpha value is -0.860. The number of nitrogens with one attached hydrogen (secondary N) is 1. The quantitative estimate of drug-likeness (QED) is 0.695. The minimum atomic E-state index is 0.236. The minimum absolute atomic E-state index is 0.236. The average molecular weight is 191 g/mol. The molecule has 0 amide bonds. The summed E-state index contributed by atoms with van der Waals surface area (Å²) in [5.41, 5.74) is 3.01. The van der Waals surface area contributed by atoms with Crippen molar-refractivity contribution in [3.8, 4) is 0 Å². The van der Waals surface area contributed by atoms with Gasteiger partial charge >= 0.3 is 0 Å². The molecule has 0 aromatic heterocycles. The Balaban J connectivity index is 1.86. The molecule has 1 aromatic rings. The van der Waals surface area contributed by atoms with Crippen LogP contribution in [0.1, 0.15) is 11.1 Å². The molecule has 0 heterocycles. The van der Waals surface area contributed by atoms with E-state index in [4.69, 9.17) is 5.11 Å². The number of hydrogen-bond donors (Lipinski definition) is 2. The highest BCUT2D eigenvalue weighted by Crippen LogP contribution is 2.25. The lowest BCUT2D eigenvalue weighted by atomic mass is 10.1. The maximum absolute atomic E-state index is 8.65. The molecule has 0 saturated carbocycles. The molecule has 2 rings (SSSR count). The van der Waals surface area contributed by atoms with Gasteiger partial charge in [-0.15, -0.1) is 0 Å². The summed E-state index contributed by atoms with van der Waals surface area (Å²) in [6.07, 6.45) is 2.38. The summed E-state index contributed by atoms with van der Waals surface area (Å²) in [5.74, 6) is 0.721. The fourth-order valence-corrected chi connectivity index (χ4v) is 2.18. The standard InChI is InChI=1S/C12H17NO/c14-6-5-13-9-10-7-11-3-1-2-4-12(11)8-10/h1-4,10,13-14H,5-9H2. The van der Waals surface area contributed by atoms with Gasteiger partial charge in [-0.2, -0.15) is 0 Å². The lowest BCUT2D eigenvalue weighted by Crippen LogP contribution is -2.25. The Bertz CT molecular complexity index is 273. The Kier molecular flexibility index (Phi) is 3.17. The summed E-state index contributed by atoms with van der Waals surface area (Å²) >= 11 is 0. The first kappa shape index (κ1) is 9.69. The number of hydrogen-bond acceptors (Lipinski definition) is 2. The van der Waals surface area contributed by atoms with Crippen LogP contribution in [0.25, 0.3) is 0 Å². The van der Waals surface area contributed by atoms with Crippen LogP contribution in [0.5, 0.6) is 0 Å². The normalized spacial score (nSPS) is 15.8. The van der Waals surface area contributed by atoms with Crippen molar-refractivity contribution in [2.24, 2.45) is 5.92 Å².